The highest BCUT2D eigenvalue weighted by atomic mass is 16.6. The number of nitro groups is 1. The van der Waals surface area contributed by atoms with E-state index in [1.165, 1.54) is 18.3 Å². The number of carbonyl (C=O) groups excluding carboxylic acids is 1. The molecule has 0 aliphatic rings. The van der Waals surface area contributed by atoms with Gasteiger partial charge in [-0.3, -0.25) is 14.9 Å². The Morgan fingerprint density at radius 1 is 1.20 bits per heavy atom. The van der Waals surface area contributed by atoms with Gasteiger partial charge in [0.2, 0.25) is 5.91 Å². The molecular weight excluding hydrogens is 258 g/mol. The highest BCUT2D eigenvalue weighted by Gasteiger charge is 2.06. The van der Waals surface area contributed by atoms with Crippen LogP contribution in [-0.4, -0.2) is 15.8 Å². The van der Waals surface area contributed by atoms with Gasteiger partial charge in [0.05, 0.1) is 10.6 Å². The predicted molar refractivity (Wildman–Crippen MR) is 74.6 cm³/mol. The fourth-order valence-electron chi connectivity index (χ4n) is 1.61. The van der Waals surface area contributed by atoms with E-state index >= 15 is 0 Å². The summed E-state index contributed by atoms with van der Waals surface area (Å²) in [6.07, 6.45) is 4.10. The molecule has 0 atom stereocenters. The standard InChI is InChI=1S/C14H11N3O3/c15-14(18)8-3-10-1-4-11(5-2-10)13-7-6-12(9-16-13)17(19)20/h1-9H,(H2,15,18)/b8-3-. The van der Waals surface area contributed by atoms with Crippen LogP contribution in [0.4, 0.5) is 5.69 Å². The van der Waals surface area contributed by atoms with Gasteiger partial charge in [-0.15, -0.1) is 0 Å². The van der Waals surface area contributed by atoms with E-state index in [1.807, 2.05) is 12.1 Å². The molecule has 2 N–H and O–H groups in total. The van der Waals surface area contributed by atoms with Crippen LogP contribution in [-0.2, 0) is 4.79 Å². The molecule has 1 heterocycles. The zero-order chi connectivity index (χ0) is 14.5. The Morgan fingerprint density at radius 2 is 1.90 bits per heavy atom. The zero-order valence-corrected chi connectivity index (χ0v) is 10.4. The Bertz CT molecular complexity index is 661. The third-order valence-electron chi connectivity index (χ3n) is 2.61. The summed E-state index contributed by atoms with van der Waals surface area (Å²) in [6.45, 7) is 0. The van der Waals surface area contributed by atoms with Crippen LogP contribution >= 0.6 is 0 Å². The number of benzene rings is 1. The first kappa shape index (κ1) is 13.4. The molecule has 6 heteroatoms. The fraction of sp³-hybridized carbons (Fsp3) is 0. The summed E-state index contributed by atoms with van der Waals surface area (Å²) in [4.78, 5) is 24.7. The number of nitrogens with zero attached hydrogens (tertiary/aromatic N) is 2. The van der Waals surface area contributed by atoms with Crippen molar-refractivity contribution in [1.82, 2.24) is 4.98 Å². The first-order chi connectivity index (χ1) is 9.56. The van der Waals surface area contributed by atoms with Crippen molar-refractivity contribution in [1.29, 1.82) is 0 Å². The van der Waals surface area contributed by atoms with Crippen molar-refractivity contribution >= 4 is 17.7 Å². The summed E-state index contributed by atoms with van der Waals surface area (Å²) in [5.41, 5.74) is 7.26. The maximum Gasteiger partial charge on any atom is 0.287 e. The Hall–Kier alpha value is -3.02. The third-order valence-corrected chi connectivity index (χ3v) is 2.61. The van der Waals surface area contributed by atoms with Gasteiger partial charge in [-0.05, 0) is 17.7 Å². The maximum absolute atomic E-state index is 10.6. The topological polar surface area (TPSA) is 99.1 Å². The third kappa shape index (κ3) is 3.26. The second-order valence-corrected chi connectivity index (χ2v) is 4.02. The summed E-state index contributed by atoms with van der Waals surface area (Å²) < 4.78 is 0. The van der Waals surface area contributed by atoms with E-state index in [0.29, 0.717) is 5.69 Å². The average molecular weight is 269 g/mol. The number of aromatic nitrogens is 1. The molecule has 1 aromatic carbocycles. The van der Waals surface area contributed by atoms with Gasteiger partial charge < -0.3 is 5.73 Å². The van der Waals surface area contributed by atoms with Crippen molar-refractivity contribution in [3.8, 4) is 11.3 Å². The van der Waals surface area contributed by atoms with Crippen molar-refractivity contribution in [2.45, 2.75) is 0 Å². The van der Waals surface area contributed by atoms with Crippen LogP contribution in [0.25, 0.3) is 17.3 Å². The van der Waals surface area contributed by atoms with Crippen LogP contribution in [0.1, 0.15) is 5.56 Å². The number of primary amides is 1. The SMILES string of the molecule is NC(=O)/C=C\c1ccc(-c2ccc([N+](=O)[O-])cn2)cc1. The van der Waals surface area contributed by atoms with E-state index in [4.69, 9.17) is 5.73 Å². The van der Waals surface area contributed by atoms with E-state index in [1.54, 1.807) is 24.3 Å². The Balaban J connectivity index is 2.21. The summed E-state index contributed by atoms with van der Waals surface area (Å²) in [5.74, 6) is -0.508. The van der Waals surface area contributed by atoms with Crippen molar-refractivity contribution in [3.63, 3.8) is 0 Å². The fourth-order valence-corrected chi connectivity index (χ4v) is 1.61. The van der Waals surface area contributed by atoms with Crippen LogP contribution in [0.15, 0.2) is 48.7 Å². The number of amides is 1. The Labute approximate surface area is 114 Å². The van der Waals surface area contributed by atoms with Crippen LogP contribution < -0.4 is 5.73 Å². The lowest BCUT2D eigenvalue weighted by Crippen LogP contribution is -2.04. The quantitative estimate of drug-likeness (QED) is 0.522. The Morgan fingerprint density at radius 3 is 2.40 bits per heavy atom. The van der Waals surface area contributed by atoms with Crippen molar-refractivity contribution in [2.24, 2.45) is 5.73 Å². The number of pyridine rings is 1. The zero-order valence-electron chi connectivity index (χ0n) is 10.4. The number of carbonyl (C=O) groups is 1. The number of hydrogen-bond acceptors (Lipinski definition) is 4. The van der Waals surface area contributed by atoms with E-state index in [9.17, 15) is 14.9 Å². The van der Waals surface area contributed by atoms with Crippen molar-refractivity contribution in [3.05, 3.63) is 64.3 Å². The van der Waals surface area contributed by atoms with Gasteiger partial charge in [-0.2, -0.15) is 0 Å². The van der Waals surface area contributed by atoms with Gasteiger partial charge >= 0.3 is 0 Å². The normalized spacial score (nSPS) is 10.6. The monoisotopic (exact) mass is 269 g/mol. The first-order valence-corrected chi connectivity index (χ1v) is 5.74. The molecule has 0 fully saturated rings. The first-order valence-electron chi connectivity index (χ1n) is 5.74. The smallest absolute Gasteiger partial charge is 0.287 e. The molecule has 0 saturated carbocycles. The van der Waals surface area contributed by atoms with Crippen molar-refractivity contribution in [2.75, 3.05) is 0 Å². The summed E-state index contributed by atoms with van der Waals surface area (Å²) in [5, 5.41) is 10.5. The van der Waals surface area contributed by atoms with E-state index < -0.39 is 10.8 Å². The second kappa shape index (κ2) is 5.75. The van der Waals surface area contributed by atoms with Crippen LogP contribution in [0, 0.1) is 10.1 Å². The lowest BCUT2D eigenvalue weighted by atomic mass is 10.1. The lowest BCUT2D eigenvalue weighted by Gasteiger charge is -2.01. The number of hydrogen-bond donors (Lipinski definition) is 1. The molecular formula is C14H11N3O3. The highest BCUT2D eigenvalue weighted by Crippen LogP contribution is 2.20. The van der Waals surface area contributed by atoms with E-state index in [-0.39, 0.29) is 5.69 Å². The van der Waals surface area contributed by atoms with Gasteiger partial charge in [0.1, 0.15) is 6.20 Å². The average Bonchev–Trinajstić information content (AvgIpc) is 2.46. The molecule has 2 aromatic rings. The maximum atomic E-state index is 10.6. The minimum Gasteiger partial charge on any atom is -0.366 e. The van der Waals surface area contributed by atoms with Gasteiger partial charge in [-0.1, -0.05) is 24.3 Å². The Kier molecular flexibility index (Phi) is 3.85. The molecule has 0 unspecified atom stereocenters. The summed E-state index contributed by atoms with van der Waals surface area (Å²) in [7, 11) is 0. The predicted octanol–water partition coefficient (Wildman–Crippen LogP) is 2.16. The minimum atomic E-state index is -0.508. The molecule has 0 radical (unpaired) electrons. The molecule has 0 saturated heterocycles. The molecule has 2 rings (SSSR count). The molecule has 1 aromatic heterocycles. The van der Waals surface area contributed by atoms with E-state index in [2.05, 4.69) is 4.98 Å². The van der Waals surface area contributed by atoms with Crippen molar-refractivity contribution < 1.29 is 9.72 Å². The molecule has 0 spiro atoms. The minimum absolute atomic E-state index is 0.0465. The van der Waals surface area contributed by atoms with Gasteiger partial charge in [-0.25, -0.2) is 4.98 Å². The van der Waals surface area contributed by atoms with Crippen LogP contribution in [0.2, 0.25) is 0 Å². The molecule has 1 amide bonds. The largest absolute Gasteiger partial charge is 0.366 e. The van der Waals surface area contributed by atoms with E-state index in [0.717, 1.165) is 11.1 Å². The van der Waals surface area contributed by atoms with Gasteiger partial charge in [0, 0.05) is 17.7 Å². The molecule has 0 aliphatic carbocycles. The lowest BCUT2D eigenvalue weighted by molar-refractivity contribution is -0.385. The number of rotatable bonds is 4. The van der Waals surface area contributed by atoms with Crippen LogP contribution in [0.5, 0.6) is 0 Å². The molecule has 0 bridgehead atoms. The van der Waals surface area contributed by atoms with Gasteiger partial charge in [0.25, 0.3) is 5.69 Å². The molecule has 100 valence electrons. The summed E-state index contributed by atoms with van der Waals surface area (Å²) in [6, 6.07) is 10.2. The summed E-state index contributed by atoms with van der Waals surface area (Å²) >= 11 is 0. The molecule has 20 heavy (non-hydrogen) atoms. The molecule has 0 aliphatic heterocycles. The second-order valence-electron chi connectivity index (χ2n) is 4.02. The highest BCUT2D eigenvalue weighted by molar-refractivity contribution is 5.90. The molecule has 6 nitrogen and oxygen atoms in total. The number of nitrogens with two attached hydrogens (primary N) is 1. The van der Waals surface area contributed by atoms with Gasteiger partial charge in [0.15, 0.2) is 0 Å². The van der Waals surface area contributed by atoms with Crippen LogP contribution in [0.3, 0.4) is 0 Å².